The molecule has 1 aromatic rings. The van der Waals surface area contributed by atoms with Crippen molar-refractivity contribution < 1.29 is 0 Å². The first-order valence-corrected chi connectivity index (χ1v) is 6.03. The Balaban J connectivity index is 2.24. The summed E-state index contributed by atoms with van der Waals surface area (Å²) in [4.78, 5) is 0. The molecular weight excluding hydrogens is 192 g/mol. The lowest BCUT2D eigenvalue weighted by Gasteiger charge is -2.26. The third-order valence-electron chi connectivity index (χ3n) is 3.26. The Hall–Kier alpha value is -1.30. The lowest BCUT2D eigenvalue weighted by Crippen LogP contribution is -2.11. The molecular formula is C16H20. The lowest BCUT2D eigenvalue weighted by molar-refractivity contribution is 0.482. The van der Waals surface area contributed by atoms with Crippen LogP contribution < -0.4 is 0 Å². The highest BCUT2D eigenvalue weighted by molar-refractivity contribution is 5.68. The van der Waals surface area contributed by atoms with Crippen LogP contribution in [0.5, 0.6) is 0 Å². The van der Waals surface area contributed by atoms with Crippen LogP contribution in [-0.4, -0.2) is 0 Å². The van der Waals surface area contributed by atoms with Crippen LogP contribution in [-0.2, 0) is 0 Å². The van der Waals surface area contributed by atoms with E-state index in [0.717, 1.165) is 0 Å². The summed E-state index contributed by atoms with van der Waals surface area (Å²) in [6.45, 7) is 6.88. The van der Waals surface area contributed by atoms with Gasteiger partial charge in [-0.2, -0.15) is 0 Å². The molecule has 1 aliphatic rings. The molecule has 0 atom stereocenters. The predicted octanol–water partition coefficient (Wildman–Crippen LogP) is 4.84. The smallest absolute Gasteiger partial charge is 0.0170 e. The van der Waals surface area contributed by atoms with Crippen LogP contribution >= 0.6 is 0 Å². The molecule has 1 aliphatic carbocycles. The van der Waals surface area contributed by atoms with E-state index in [0.29, 0.717) is 5.41 Å². The molecule has 0 bridgehead atoms. The maximum absolute atomic E-state index is 2.31. The van der Waals surface area contributed by atoms with Crippen LogP contribution in [0.4, 0.5) is 0 Å². The van der Waals surface area contributed by atoms with Crippen molar-refractivity contribution in [3.63, 3.8) is 0 Å². The second-order valence-corrected chi connectivity index (χ2v) is 5.50. The van der Waals surface area contributed by atoms with Crippen LogP contribution in [0, 0.1) is 5.41 Å². The maximum atomic E-state index is 2.31. The highest BCUT2D eigenvalue weighted by Crippen LogP contribution is 2.35. The van der Waals surface area contributed by atoms with Gasteiger partial charge in [-0.05, 0) is 29.4 Å². The van der Waals surface area contributed by atoms with Crippen LogP contribution in [0.25, 0.3) is 5.57 Å². The Kier molecular flexibility index (Phi) is 3.00. The van der Waals surface area contributed by atoms with Crippen molar-refractivity contribution >= 4 is 5.57 Å². The van der Waals surface area contributed by atoms with Crippen molar-refractivity contribution in [1.29, 1.82) is 0 Å². The predicted molar refractivity (Wildman–Crippen MR) is 71.2 cm³/mol. The molecule has 0 radical (unpaired) electrons. The van der Waals surface area contributed by atoms with Crippen molar-refractivity contribution in [2.75, 3.05) is 0 Å². The van der Waals surface area contributed by atoms with E-state index in [9.17, 15) is 0 Å². The fourth-order valence-corrected chi connectivity index (χ4v) is 2.15. The second-order valence-electron chi connectivity index (χ2n) is 5.50. The Bertz CT molecular complexity index is 413. The lowest BCUT2D eigenvalue weighted by atomic mass is 9.79. The van der Waals surface area contributed by atoms with Crippen molar-refractivity contribution in [3.8, 4) is 0 Å². The van der Waals surface area contributed by atoms with Gasteiger partial charge in [0, 0.05) is 0 Å². The van der Waals surface area contributed by atoms with E-state index in [1.54, 1.807) is 5.57 Å². The summed E-state index contributed by atoms with van der Waals surface area (Å²) in [7, 11) is 0. The van der Waals surface area contributed by atoms with E-state index >= 15 is 0 Å². The topological polar surface area (TPSA) is 0 Å². The van der Waals surface area contributed by atoms with Gasteiger partial charge in [0.05, 0.1) is 0 Å². The summed E-state index contributed by atoms with van der Waals surface area (Å²) >= 11 is 0. The molecule has 1 aromatic carbocycles. The van der Waals surface area contributed by atoms with E-state index in [2.05, 4.69) is 63.3 Å². The van der Waals surface area contributed by atoms with Gasteiger partial charge in [-0.1, -0.05) is 68.8 Å². The van der Waals surface area contributed by atoms with E-state index in [-0.39, 0.29) is 0 Å². The van der Waals surface area contributed by atoms with Gasteiger partial charge in [0.15, 0.2) is 0 Å². The summed E-state index contributed by atoms with van der Waals surface area (Å²) in [6.07, 6.45) is 6.97. The van der Waals surface area contributed by atoms with Gasteiger partial charge >= 0.3 is 0 Å². The van der Waals surface area contributed by atoms with Gasteiger partial charge in [0.1, 0.15) is 0 Å². The number of rotatable bonds is 1. The summed E-state index contributed by atoms with van der Waals surface area (Å²) in [5.41, 5.74) is 4.71. The zero-order valence-corrected chi connectivity index (χ0v) is 10.5. The molecule has 0 spiro atoms. The Morgan fingerprint density at radius 3 is 2.06 bits per heavy atom. The molecule has 84 valence electrons. The monoisotopic (exact) mass is 212 g/mol. The molecule has 0 N–H and O–H groups in total. The van der Waals surface area contributed by atoms with Crippen LogP contribution in [0.3, 0.4) is 0 Å². The first kappa shape index (κ1) is 11.2. The SMILES string of the molecule is CC(C)(C)C1=CC=C(c2ccccc2)CC1. The third kappa shape index (κ3) is 2.44. The van der Waals surface area contributed by atoms with Gasteiger partial charge in [-0.3, -0.25) is 0 Å². The Labute approximate surface area is 98.7 Å². The van der Waals surface area contributed by atoms with Crippen molar-refractivity contribution in [1.82, 2.24) is 0 Å². The highest BCUT2D eigenvalue weighted by Gasteiger charge is 2.19. The zero-order valence-electron chi connectivity index (χ0n) is 10.5. The zero-order chi connectivity index (χ0) is 11.6. The molecule has 0 aromatic heterocycles. The fraction of sp³-hybridized carbons (Fsp3) is 0.375. The first-order valence-electron chi connectivity index (χ1n) is 6.03. The minimum Gasteiger partial charge on any atom is -0.0645 e. The molecule has 2 rings (SSSR count). The molecule has 16 heavy (non-hydrogen) atoms. The van der Waals surface area contributed by atoms with Crippen LogP contribution in [0.1, 0.15) is 39.2 Å². The first-order chi connectivity index (χ1) is 7.57. The standard InChI is InChI=1S/C16H20/c1-16(2,3)15-11-9-14(10-12-15)13-7-5-4-6-8-13/h4-9,11H,10,12H2,1-3H3. The number of hydrogen-bond donors (Lipinski definition) is 0. The molecule has 0 heterocycles. The van der Waals surface area contributed by atoms with Gasteiger partial charge in [-0.15, -0.1) is 0 Å². The molecule has 0 saturated carbocycles. The molecule has 0 nitrogen and oxygen atoms in total. The molecule has 0 fully saturated rings. The van der Waals surface area contributed by atoms with Crippen LogP contribution in [0.15, 0.2) is 48.1 Å². The fourth-order valence-electron chi connectivity index (χ4n) is 2.15. The average molecular weight is 212 g/mol. The van der Waals surface area contributed by atoms with Crippen molar-refractivity contribution in [2.24, 2.45) is 5.41 Å². The number of hydrogen-bond acceptors (Lipinski definition) is 0. The summed E-state index contributed by atoms with van der Waals surface area (Å²) < 4.78 is 0. The molecule has 0 heteroatoms. The molecule has 0 saturated heterocycles. The average Bonchev–Trinajstić information content (AvgIpc) is 2.29. The van der Waals surface area contributed by atoms with Crippen molar-refractivity contribution in [3.05, 3.63) is 53.6 Å². The molecule has 0 unspecified atom stereocenters. The van der Waals surface area contributed by atoms with E-state index in [4.69, 9.17) is 0 Å². The largest absolute Gasteiger partial charge is 0.0645 e. The summed E-state index contributed by atoms with van der Waals surface area (Å²) in [5.74, 6) is 0. The van der Waals surface area contributed by atoms with Gasteiger partial charge in [0.2, 0.25) is 0 Å². The number of allylic oxidation sites excluding steroid dienone is 4. The Morgan fingerprint density at radius 2 is 1.56 bits per heavy atom. The minimum atomic E-state index is 0.318. The van der Waals surface area contributed by atoms with Gasteiger partial charge < -0.3 is 0 Å². The van der Waals surface area contributed by atoms with Gasteiger partial charge in [0.25, 0.3) is 0 Å². The summed E-state index contributed by atoms with van der Waals surface area (Å²) in [5, 5.41) is 0. The Morgan fingerprint density at radius 1 is 0.875 bits per heavy atom. The highest BCUT2D eigenvalue weighted by atomic mass is 14.2. The summed E-state index contributed by atoms with van der Waals surface area (Å²) in [6, 6.07) is 10.7. The quantitative estimate of drug-likeness (QED) is 0.625. The van der Waals surface area contributed by atoms with E-state index in [1.807, 2.05) is 0 Å². The van der Waals surface area contributed by atoms with Crippen molar-refractivity contribution in [2.45, 2.75) is 33.6 Å². The molecule has 0 amide bonds. The van der Waals surface area contributed by atoms with E-state index in [1.165, 1.54) is 24.0 Å². The van der Waals surface area contributed by atoms with E-state index < -0.39 is 0 Å². The van der Waals surface area contributed by atoms with Crippen LogP contribution in [0.2, 0.25) is 0 Å². The minimum absolute atomic E-state index is 0.318. The normalized spacial score (nSPS) is 16.7. The third-order valence-corrected chi connectivity index (χ3v) is 3.26. The molecule has 0 aliphatic heterocycles. The maximum Gasteiger partial charge on any atom is -0.0170 e. The second kappa shape index (κ2) is 4.29. The number of benzene rings is 1. The van der Waals surface area contributed by atoms with Gasteiger partial charge in [-0.25, -0.2) is 0 Å².